The van der Waals surface area contributed by atoms with Crippen LogP contribution >= 0.6 is 11.6 Å². The molecular weight excluding hydrogens is 268 g/mol. The fraction of sp³-hybridized carbons (Fsp3) is 0.0833. The van der Waals surface area contributed by atoms with Gasteiger partial charge in [0.15, 0.2) is 11.4 Å². The fourth-order valence-electron chi connectivity index (χ4n) is 1.57. The van der Waals surface area contributed by atoms with Crippen molar-refractivity contribution in [1.82, 2.24) is 9.78 Å². The predicted molar refractivity (Wildman–Crippen MR) is 69.0 cm³/mol. The summed E-state index contributed by atoms with van der Waals surface area (Å²) in [5.74, 6) is -0.665. The summed E-state index contributed by atoms with van der Waals surface area (Å²) in [4.78, 5) is 11.7. The van der Waals surface area contributed by atoms with Crippen molar-refractivity contribution in [1.29, 1.82) is 5.26 Å². The van der Waals surface area contributed by atoms with Crippen LogP contribution in [0.5, 0.6) is 0 Å². The highest BCUT2D eigenvalue weighted by Gasteiger charge is 2.23. The molecule has 0 spiro atoms. The zero-order valence-corrected chi connectivity index (χ0v) is 10.7. The van der Waals surface area contributed by atoms with Gasteiger partial charge in [-0.2, -0.15) is 10.4 Å². The van der Waals surface area contributed by atoms with E-state index in [4.69, 9.17) is 22.6 Å². The van der Waals surface area contributed by atoms with Crippen molar-refractivity contribution in [2.45, 2.75) is 0 Å². The van der Waals surface area contributed by atoms with Gasteiger partial charge in [0.2, 0.25) is 0 Å². The number of aromatic nitrogens is 2. The van der Waals surface area contributed by atoms with Gasteiger partial charge in [0.25, 0.3) is 0 Å². The number of hydrogen-bond donors (Lipinski definition) is 1. The van der Waals surface area contributed by atoms with Crippen LogP contribution in [0.15, 0.2) is 24.3 Å². The van der Waals surface area contributed by atoms with E-state index in [1.165, 1.54) is 11.8 Å². The first kappa shape index (κ1) is 12.9. The highest BCUT2D eigenvalue weighted by Crippen LogP contribution is 2.22. The Labute approximate surface area is 114 Å². The molecule has 0 fully saturated rings. The van der Waals surface area contributed by atoms with Crippen molar-refractivity contribution in [2.75, 3.05) is 12.8 Å². The Bertz CT molecular complexity index is 670. The molecule has 19 heavy (non-hydrogen) atoms. The molecule has 2 aromatic rings. The number of carbonyl (C=O) groups is 1. The average molecular weight is 277 g/mol. The summed E-state index contributed by atoms with van der Waals surface area (Å²) in [7, 11) is 1.23. The first-order valence-electron chi connectivity index (χ1n) is 5.21. The third kappa shape index (κ3) is 2.23. The number of rotatable bonds is 2. The van der Waals surface area contributed by atoms with Crippen LogP contribution < -0.4 is 5.73 Å². The molecule has 0 radical (unpaired) electrons. The first-order valence-corrected chi connectivity index (χ1v) is 5.59. The van der Waals surface area contributed by atoms with E-state index in [2.05, 4.69) is 9.84 Å². The van der Waals surface area contributed by atoms with Crippen molar-refractivity contribution < 1.29 is 9.53 Å². The number of methoxy groups -OCH3 is 1. The first-order chi connectivity index (χ1) is 9.08. The molecule has 0 atom stereocenters. The van der Waals surface area contributed by atoms with Crippen LogP contribution in [0.2, 0.25) is 5.02 Å². The van der Waals surface area contributed by atoms with E-state index in [9.17, 15) is 4.79 Å². The van der Waals surface area contributed by atoms with Gasteiger partial charge in [-0.25, -0.2) is 9.48 Å². The highest BCUT2D eigenvalue weighted by atomic mass is 35.5. The predicted octanol–water partition coefficient (Wildman–Crippen LogP) is 1.77. The fourth-order valence-corrected chi connectivity index (χ4v) is 1.70. The summed E-state index contributed by atoms with van der Waals surface area (Å²) in [5.41, 5.74) is 6.25. The molecule has 1 aromatic heterocycles. The molecule has 0 aliphatic rings. The van der Waals surface area contributed by atoms with Gasteiger partial charge in [0.05, 0.1) is 12.8 Å². The van der Waals surface area contributed by atoms with E-state index in [0.29, 0.717) is 10.7 Å². The summed E-state index contributed by atoms with van der Waals surface area (Å²) in [6, 6.07) is 8.42. The quantitative estimate of drug-likeness (QED) is 0.844. The van der Waals surface area contributed by atoms with Crippen LogP contribution in [0.4, 0.5) is 5.69 Å². The monoisotopic (exact) mass is 276 g/mol. The number of benzene rings is 1. The molecule has 1 aromatic carbocycles. The Kier molecular flexibility index (Phi) is 3.40. The smallest absolute Gasteiger partial charge is 0.359 e. The van der Waals surface area contributed by atoms with Gasteiger partial charge >= 0.3 is 5.97 Å². The molecule has 0 unspecified atom stereocenters. The van der Waals surface area contributed by atoms with E-state index in [0.717, 1.165) is 0 Å². The molecule has 0 saturated heterocycles. The maximum atomic E-state index is 11.7. The Morgan fingerprint density at radius 2 is 2.11 bits per heavy atom. The van der Waals surface area contributed by atoms with Crippen LogP contribution in [0, 0.1) is 11.3 Å². The topological polar surface area (TPSA) is 93.9 Å². The van der Waals surface area contributed by atoms with Gasteiger partial charge in [-0.3, -0.25) is 0 Å². The number of nitrogens with two attached hydrogens (primary N) is 1. The standard InChI is InChI=1S/C12H9ClN4O2/c1-19-12(18)11-10(15)9(6-14)16-17(11)8-4-2-7(13)3-5-8/h2-5H,15H2,1H3. The lowest BCUT2D eigenvalue weighted by Crippen LogP contribution is -2.12. The number of nitrogen functional groups attached to an aromatic ring is 1. The second-order valence-electron chi connectivity index (χ2n) is 3.60. The average Bonchev–Trinajstić information content (AvgIpc) is 2.75. The van der Waals surface area contributed by atoms with Gasteiger partial charge in [-0.05, 0) is 24.3 Å². The summed E-state index contributed by atoms with van der Waals surface area (Å²) < 4.78 is 5.91. The van der Waals surface area contributed by atoms with Crippen LogP contribution in [0.25, 0.3) is 5.69 Å². The molecule has 0 saturated carbocycles. The third-order valence-corrected chi connectivity index (χ3v) is 2.73. The van der Waals surface area contributed by atoms with E-state index < -0.39 is 5.97 Å². The zero-order valence-electron chi connectivity index (χ0n) is 9.92. The Morgan fingerprint density at radius 1 is 1.47 bits per heavy atom. The summed E-state index contributed by atoms with van der Waals surface area (Å²) in [6.07, 6.45) is 0. The van der Waals surface area contributed by atoms with E-state index in [1.807, 2.05) is 6.07 Å². The number of esters is 1. The molecule has 96 valence electrons. The van der Waals surface area contributed by atoms with Gasteiger partial charge < -0.3 is 10.5 Å². The summed E-state index contributed by atoms with van der Waals surface area (Å²) in [5, 5.41) is 13.5. The second kappa shape index (κ2) is 5.00. The molecule has 0 aliphatic heterocycles. The number of hydrogen-bond acceptors (Lipinski definition) is 5. The maximum Gasteiger partial charge on any atom is 0.359 e. The van der Waals surface area contributed by atoms with Crippen LogP contribution in [-0.2, 0) is 4.74 Å². The minimum atomic E-state index is -0.665. The van der Waals surface area contributed by atoms with E-state index in [1.54, 1.807) is 24.3 Å². The largest absolute Gasteiger partial charge is 0.464 e. The number of anilines is 1. The Balaban J connectivity index is 2.66. The SMILES string of the molecule is COC(=O)c1c(N)c(C#N)nn1-c1ccc(Cl)cc1. The van der Waals surface area contributed by atoms with Crippen molar-refractivity contribution in [2.24, 2.45) is 0 Å². The number of carbonyl (C=O) groups excluding carboxylic acids is 1. The number of nitriles is 1. The molecule has 6 nitrogen and oxygen atoms in total. The van der Waals surface area contributed by atoms with Crippen molar-refractivity contribution in [3.63, 3.8) is 0 Å². The summed E-state index contributed by atoms with van der Waals surface area (Å²) in [6.45, 7) is 0. The summed E-state index contributed by atoms with van der Waals surface area (Å²) >= 11 is 5.79. The van der Waals surface area contributed by atoms with Crippen LogP contribution in [-0.4, -0.2) is 22.9 Å². The molecular formula is C12H9ClN4O2. The lowest BCUT2D eigenvalue weighted by Gasteiger charge is -2.06. The Morgan fingerprint density at radius 3 is 2.63 bits per heavy atom. The molecule has 1 heterocycles. The lowest BCUT2D eigenvalue weighted by molar-refractivity contribution is 0.0591. The Hall–Kier alpha value is -2.52. The molecule has 7 heteroatoms. The van der Waals surface area contributed by atoms with E-state index in [-0.39, 0.29) is 17.1 Å². The second-order valence-corrected chi connectivity index (χ2v) is 4.04. The minimum Gasteiger partial charge on any atom is -0.464 e. The highest BCUT2D eigenvalue weighted by molar-refractivity contribution is 6.30. The minimum absolute atomic E-state index is 0.00991. The molecule has 0 bridgehead atoms. The van der Waals surface area contributed by atoms with E-state index >= 15 is 0 Å². The molecule has 2 rings (SSSR count). The molecule has 0 amide bonds. The lowest BCUT2D eigenvalue weighted by atomic mass is 10.3. The van der Waals surface area contributed by atoms with Crippen molar-refractivity contribution >= 4 is 23.3 Å². The van der Waals surface area contributed by atoms with Gasteiger partial charge in [-0.15, -0.1) is 0 Å². The zero-order chi connectivity index (χ0) is 14.0. The molecule has 2 N–H and O–H groups in total. The van der Waals surface area contributed by atoms with Crippen molar-refractivity contribution in [3.8, 4) is 11.8 Å². The number of nitrogens with zero attached hydrogens (tertiary/aromatic N) is 3. The third-order valence-electron chi connectivity index (χ3n) is 2.48. The maximum absolute atomic E-state index is 11.7. The van der Waals surface area contributed by atoms with Gasteiger partial charge in [0.1, 0.15) is 11.8 Å². The van der Waals surface area contributed by atoms with Crippen molar-refractivity contribution in [3.05, 3.63) is 40.7 Å². The van der Waals surface area contributed by atoms with Gasteiger partial charge in [0, 0.05) is 5.02 Å². The van der Waals surface area contributed by atoms with Crippen LogP contribution in [0.1, 0.15) is 16.2 Å². The number of halogens is 1. The normalized spacial score (nSPS) is 9.95. The van der Waals surface area contributed by atoms with Crippen LogP contribution in [0.3, 0.4) is 0 Å². The van der Waals surface area contributed by atoms with Gasteiger partial charge in [-0.1, -0.05) is 11.6 Å². The molecule has 0 aliphatic carbocycles. The number of ether oxygens (including phenoxy) is 1.